The predicted molar refractivity (Wildman–Crippen MR) is 97.9 cm³/mol. The number of carbonyl (C=O) groups is 1. The summed E-state index contributed by atoms with van der Waals surface area (Å²) >= 11 is 0. The van der Waals surface area contributed by atoms with Gasteiger partial charge in [0.1, 0.15) is 11.5 Å². The molecule has 1 amide bonds. The number of amides is 1. The van der Waals surface area contributed by atoms with Crippen LogP contribution >= 0.6 is 0 Å². The highest BCUT2D eigenvalue weighted by atomic mass is 16.5. The topological polar surface area (TPSA) is 50.8 Å². The molecule has 3 rings (SSSR count). The van der Waals surface area contributed by atoms with Crippen LogP contribution in [0.5, 0.6) is 11.5 Å². The lowest BCUT2D eigenvalue weighted by Gasteiger charge is -2.21. The highest BCUT2D eigenvalue weighted by Gasteiger charge is 2.27. The van der Waals surface area contributed by atoms with Crippen molar-refractivity contribution in [1.82, 2.24) is 10.2 Å². The first-order chi connectivity index (χ1) is 12.2. The van der Waals surface area contributed by atoms with Crippen molar-refractivity contribution < 1.29 is 14.3 Å². The molecule has 1 fully saturated rings. The highest BCUT2D eigenvalue weighted by Crippen LogP contribution is 2.25. The van der Waals surface area contributed by atoms with Crippen LogP contribution in [0.25, 0.3) is 0 Å². The second-order valence-electron chi connectivity index (χ2n) is 6.93. The summed E-state index contributed by atoms with van der Waals surface area (Å²) in [5, 5.41) is 3.25. The Balaban J connectivity index is 1.52. The molecule has 0 saturated carbocycles. The molecule has 1 saturated heterocycles. The summed E-state index contributed by atoms with van der Waals surface area (Å²) in [4.78, 5) is 14.8. The first-order valence-corrected chi connectivity index (χ1v) is 9.07. The van der Waals surface area contributed by atoms with E-state index in [2.05, 4.69) is 22.4 Å². The minimum atomic E-state index is 0.154. The van der Waals surface area contributed by atoms with Crippen LogP contribution in [0, 0.1) is 5.92 Å². The first kappa shape index (κ1) is 17.8. The molecule has 0 bridgehead atoms. The molecule has 2 atom stereocenters. The number of rotatable bonds is 6. The Morgan fingerprint density at radius 2 is 1.92 bits per heavy atom. The first-order valence-electron chi connectivity index (χ1n) is 9.07. The lowest BCUT2D eigenvalue weighted by Crippen LogP contribution is -2.40. The van der Waals surface area contributed by atoms with Gasteiger partial charge >= 0.3 is 0 Å². The van der Waals surface area contributed by atoms with E-state index in [1.54, 1.807) is 14.2 Å². The van der Waals surface area contributed by atoms with Crippen LogP contribution in [0.3, 0.4) is 0 Å². The van der Waals surface area contributed by atoms with Crippen molar-refractivity contribution in [2.45, 2.75) is 38.3 Å². The average molecular weight is 344 g/mol. The Hall–Kier alpha value is -2.01. The fraction of sp³-hybridized carbons (Fsp3) is 0.550. The molecule has 0 aromatic heterocycles. The number of nitrogens with zero attached hydrogens (tertiary/aromatic N) is 1. The van der Waals surface area contributed by atoms with E-state index in [-0.39, 0.29) is 17.9 Å². The van der Waals surface area contributed by atoms with Crippen LogP contribution in [-0.4, -0.2) is 44.2 Å². The monoisotopic (exact) mass is 344 g/mol. The van der Waals surface area contributed by atoms with Crippen molar-refractivity contribution in [2.24, 2.45) is 5.92 Å². The molecule has 1 heterocycles. The molecule has 1 N–H and O–H groups in total. The van der Waals surface area contributed by atoms with Crippen LogP contribution in [0.4, 0.5) is 0 Å². The molecule has 1 aliphatic heterocycles. The van der Waals surface area contributed by atoms with E-state index in [4.69, 9.17) is 9.47 Å². The molecule has 25 heavy (non-hydrogen) atoms. The number of allylic oxidation sites excluding steroid dienone is 2. The van der Waals surface area contributed by atoms with Crippen molar-refractivity contribution in [1.29, 1.82) is 0 Å². The molecular formula is C20H28N2O3. The Bertz CT molecular complexity index is 607. The van der Waals surface area contributed by atoms with E-state index in [9.17, 15) is 4.79 Å². The fourth-order valence-corrected chi connectivity index (χ4v) is 3.66. The van der Waals surface area contributed by atoms with Gasteiger partial charge in [0.25, 0.3) is 0 Å². The lowest BCUT2D eigenvalue weighted by molar-refractivity contribution is -0.125. The number of hydrogen-bond donors (Lipinski definition) is 1. The third-order valence-corrected chi connectivity index (χ3v) is 5.08. The molecule has 0 radical (unpaired) electrons. The smallest absolute Gasteiger partial charge is 0.223 e. The van der Waals surface area contributed by atoms with E-state index in [1.165, 1.54) is 5.56 Å². The van der Waals surface area contributed by atoms with Crippen LogP contribution < -0.4 is 14.8 Å². The zero-order valence-corrected chi connectivity index (χ0v) is 15.2. The third-order valence-electron chi connectivity index (χ3n) is 5.08. The standard InChI is InChI=1S/C20H28N2O3/c1-24-18-10-15(11-19(12-18)25-2)13-22-9-8-17(14-22)21-20(23)16-6-4-3-5-7-16/h3-4,10-12,16-17H,5-9,13-14H2,1-2H3,(H,21,23). The molecular weight excluding hydrogens is 316 g/mol. The van der Waals surface area contributed by atoms with Gasteiger partial charge in [0, 0.05) is 37.7 Å². The lowest BCUT2D eigenvalue weighted by atomic mass is 9.93. The number of likely N-dealkylation sites (tertiary alicyclic amines) is 1. The van der Waals surface area contributed by atoms with Gasteiger partial charge in [-0.1, -0.05) is 12.2 Å². The van der Waals surface area contributed by atoms with Crippen molar-refractivity contribution in [3.05, 3.63) is 35.9 Å². The molecule has 1 aromatic rings. The van der Waals surface area contributed by atoms with Crippen molar-refractivity contribution >= 4 is 5.91 Å². The molecule has 2 unspecified atom stereocenters. The predicted octanol–water partition coefficient (Wildman–Crippen LogP) is 2.75. The number of methoxy groups -OCH3 is 2. The van der Waals surface area contributed by atoms with E-state index < -0.39 is 0 Å². The summed E-state index contributed by atoms with van der Waals surface area (Å²) in [5.41, 5.74) is 1.17. The van der Waals surface area contributed by atoms with Gasteiger partial charge in [-0.25, -0.2) is 0 Å². The SMILES string of the molecule is COc1cc(CN2CCC(NC(=O)C3CC=CCC3)C2)cc(OC)c1. The fourth-order valence-electron chi connectivity index (χ4n) is 3.66. The molecule has 1 aliphatic carbocycles. The Morgan fingerprint density at radius 3 is 2.56 bits per heavy atom. The molecule has 1 aromatic carbocycles. The quantitative estimate of drug-likeness (QED) is 0.806. The van der Waals surface area contributed by atoms with Crippen LogP contribution in [0.15, 0.2) is 30.4 Å². The molecule has 0 spiro atoms. The number of ether oxygens (including phenoxy) is 2. The van der Waals surface area contributed by atoms with E-state index in [0.717, 1.165) is 56.8 Å². The second kappa shape index (κ2) is 8.39. The Morgan fingerprint density at radius 1 is 1.16 bits per heavy atom. The van der Waals surface area contributed by atoms with Crippen LogP contribution in [0.1, 0.15) is 31.2 Å². The molecule has 5 nitrogen and oxygen atoms in total. The minimum absolute atomic E-state index is 0.154. The van der Waals surface area contributed by atoms with Crippen LogP contribution in [-0.2, 0) is 11.3 Å². The highest BCUT2D eigenvalue weighted by molar-refractivity contribution is 5.79. The van der Waals surface area contributed by atoms with Crippen LogP contribution in [0.2, 0.25) is 0 Å². The van der Waals surface area contributed by atoms with Crippen molar-refractivity contribution in [3.63, 3.8) is 0 Å². The van der Waals surface area contributed by atoms with Gasteiger partial charge in [0.05, 0.1) is 14.2 Å². The summed E-state index contributed by atoms with van der Waals surface area (Å²) in [6.45, 7) is 2.73. The maximum atomic E-state index is 12.4. The van der Waals surface area contributed by atoms with E-state index in [0.29, 0.717) is 0 Å². The maximum Gasteiger partial charge on any atom is 0.223 e. The van der Waals surface area contributed by atoms with Crippen molar-refractivity contribution in [3.8, 4) is 11.5 Å². The largest absolute Gasteiger partial charge is 0.497 e. The van der Waals surface area contributed by atoms with E-state index >= 15 is 0 Å². The number of nitrogens with one attached hydrogen (secondary N) is 1. The number of benzene rings is 1. The maximum absolute atomic E-state index is 12.4. The van der Waals surface area contributed by atoms with Gasteiger partial charge < -0.3 is 14.8 Å². The molecule has 5 heteroatoms. The number of carbonyl (C=O) groups excluding carboxylic acids is 1. The van der Waals surface area contributed by atoms with Gasteiger partial charge in [-0.3, -0.25) is 9.69 Å². The Kier molecular flexibility index (Phi) is 5.97. The van der Waals surface area contributed by atoms with Gasteiger partial charge in [-0.05, 0) is 43.4 Å². The Labute approximate surface area is 150 Å². The van der Waals surface area contributed by atoms with Gasteiger partial charge in [0.2, 0.25) is 5.91 Å². The van der Waals surface area contributed by atoms with E-state index in [1.807, 2.05) is 18.2 Å². The summed E-state index contributed by atoms with van der Waals surface area (Å²) in [7, 11) is 3.33. The summed E-state index contributed by atoms with van der Waals surface area (Å²) in [5.74, 6) is 1.99. The average Bonchev–Trinajstić information content (AvgIpc) is 3.08. The number of hydrogen-bond acceptors (Lipinski definition) is 4. The molecule has 2 aliphatic rings. The normalized spacial score (nSPS) is 23.4. The zero-order chi connectivity index (χ0) is 17.6. The summed E-state index contributed by atoms with van der Waals surface area (Å²) < 4.78 is 10.7. The zero-order valence-electron chi connectivity index (χ0n) is 15.2. The summed E-state index contributed by atoms with van der Waals surface area (Å²) in [6.07, 6.45) is 8.19. The molecule has 136 valence electrons. The van der Waals surface area contributed by atoms with Gasteiger partial charge in [0.15, 0.2) is 0 Å². The second-order valence-corrected chi connectivity index (χ2v) is 6.93. The van der Waals surface area contributed by atoms with Gasteiger partial charge in [-0.15, -0.1) is 0 Å². The summed E-state index contributed by atoms with van der Waals surface area (Å²) in [6, 6.07) is 6.23. The van der Waals surface area contributed by atoms with Crippen molar-refractivity contribution in [2.75, 3.05) is 27.3 Å². The minimum Gasteiger partial charge on any atom is -0.497 e. The van der Waals surface area contributed by atoms with Gasteiger partial charge in [-0.2, -0.15) is 0 Å². The third kappa shape index (κ3) is 4.75.